The average molecular weight is 311 g/mol. The highest BCUT2D eigenvalue weighted by molar-refractivity contribution is 9.10. The quantitative estimate of drug-likeness (QED) is 0.573. The molecule has 0 spiro atoms. The molecule has 0 atom stereocenters. The zero-order valence-corrected chi connectivity index (χ0v) is 11.6. The molecule has 0 bridgehead atoms. The lowest BCUT2D eigenvalue weighted by Gasteiger charge is -2.18. The number of H-pyrrole nitrogens is 1. The van der Waals surface area contributed by atoms with Gasteiger partial charge in [0.1, 0.15) is 6.29 Å². The minimum Gasteiger partial charge on any atom is -0.369 e. The van der Waals surface area contributed by atoms with Crippen molar-refractivity contribution in [1.82, 2.24) is 20.6 Å². The molecule has 0 amide bonds. The van der Waals surface area contributed by atoms with Gasteiger partial charge in [0, 0.05) is 23.1 Å². The number of benzene rings is 1. The van der Waals surface area contributed by atoms with Crippen LogP contribution in [0, 0.1) is 6.92 Å². The summed E-state index contributed by atoms with van der Waals surface area (Å²) < 4.78 is 0.992. The Balaban J connectivity index is 2.04. The standard InChI is InChI=1S/C11H15BrN6/c1-5-8(18-11-14-2-3-15-11)6(12)4-7-9(5)17-10(13)16-7/h4,11,14-15,18H,2-3H2,1H3,(H3,13,16,17). The second-order valence-corrected chi connectivity index (χ2v) is 5.22. The third kappa shape index (κ3) is 1.94. The normalized spacial score (nSPS) is 16.6. The Morgan fingerprint density at radius 1 is 1.44 bits per heavy atom. The molecule has 96 valence electrons. The molecule has 1 aliphatic rings. The number of anilines is 2. The van der Waals surface area contributed by atoms with Gasteiger partial charge in [-0.15, -0.1) is 0 Å². The number of nitrogens with zero attached hydrogens (tertiary/aromatic N) is 1. The number of halogens is 1. The third-order valence-corrected chi connectivity index (χ3v) is 3.73. The Morgan fingerprint density at radius 3 is 2.89 bits per heavy atom. The van der Waals surface area contributed by atoms with Gasteiger partial charge in [0.05, 0.1) is 16.7 Å². The highest BCUT2D eigenvalue weighted by atomic mass is 79.9. The van der Waals surface area contributed by atoms with Crippen molar-refractivity contribution in [3.05, 3.63) is 16.1 Å². The van der Waals surface area contributed by atoms with E-state index >= 15 is 0 Å². The molecule has 3 rings (SSSR count). The van der Waals surface area contributed by atoms with Crippen molar-refractivity contribution in [2.45, 2.75) is 13.2 Å². The molecule has 1 aromatic carbocycles. The topological polar surface area (TPSA) is 90.8 Å². The van der Waals surface area contributed by atoms with Gasteiger partial charge in [-0.2, -0.15) is 0 Å². The van der Waals surface area contributed by atoms with Crippen molar-refractivity contribution >= 4 is 38.6 Å². The van der Waals surface area contributed by atoms with Gasteiger partial charge in [-0.1, -0.05) is 0 Å². The van der Waals surface area contributed by atoms with Crippen molar-refractivity contribution in [3.63, 3.8) is 0 Å². The number of nitrogen functional groups attached to an aromatic ring is 1. The Bertz CT molecular complexity index is 587. The van der Waals surface area contributed by atoms with Crippen molar-refractivity contribution in [1.29, 1.82) is 0 Å². The van der Waals surface area contributed by atoms with Crippen LogP contribution in [-0.4, -0.2) is 29.3 Å². The summed E-state index contributed by atoms with van der Waals surface area (Å²) in [5.74, 6) is 0.439. The molecule has 2 heterocycles. The summed E-state index contributed by atoms with van der Waals surface area (Å²) in [6, 6.07) is 1.99. The monoisotopic (exact) mass is 310 g/mol. The summed E-state index contributed by atoms with van der Waals surface area (Å²) in [6.45, 7) is 3.96. The van der Waals surface area contributed by atoms with Gasteiger partial charge in [-0.3, -0.25) is 10.6 Å². The summed E-state index contributed by atoms with van der Waals surface area (Å²) >= 11 is 3.58. The lowest BCUT2D eigenvalue weighted by molar-refractivity contribution is 0.620. The van der Waals surface area contributed by atoms with Gasteiger partial charge in [0.2, 0.25) is 0 Å². The van der Waals surface area contributed by atoms with E-state index in [1.807, 2.05) is 13.0 Å². The van der Waals surface area contributed by atoms with E-state index in [1.54, 1.807) is 0 Å². The summed E-state index contributed by atoms with van der Waals surface area (Å²) in [6.07, 6.45) is 0.0914. The Morgan fingerprint density at radius 2 is 2.17 bits per heavy atom. The molecule has 18 heavy (non-hydrogen) atoms. The largest absolute Gasteiger partial charge is 0.369 e. The summed E-state index contributed by atoms with van der Waals surface area (Å²) in [5.41, 5.74) is 9.64. The van der Waals surface area contributed by atoms with E-state index in [9.17, 15) is 0 Å². The molecular formula is C11H15BrN6. The number of fused-ring (bicyclic) bond motifs is 1. The lowest BCUT2D eigenvalue weighted by Crippen LogP contribution is -2.39. The Labute approximate surface area is 113 Å². The van der Waals surface area contributed by atoms with E-state index in [0.29, 0.717) is 5.95 Å². The number of hydrogen-bond acceptors (Lipinski definition) is 5. The number of imidazole rings is 1. The van der Waals surface area contributed by atoms with Crippen LogP contribution in [0.15, 0.2) is 10.5 Å². The highest BCUT2D eigenvalue weighted by Crippen LogP contribution is 2.32. The second kappa shape index (κ2) is 4.42. The molecular weight excluding hydrogens is 296 g/mol. The van der Waals surface area contributed by atoms with Crippen LogP contribution >= 0.6 is 15.9 Å². The van der Waals surface area contributed by atoms with Crippen molar-refractivity contribution in [2.24, 2.45) is 0 Å². The van der Waals surface area contributed by atoms with Crippen LogP contribution in [-0.2, 0) is 0 Å². The van der Waals surface area contributed by atoms with E-state index in [2.05, 4.69) is 41.8 Å². The first-order valence-corrected chi connectivity index (χ1v) is 6.62. The summed E-state index contributed by atoms with van der Waals surface area (Å²) in [5, 5.41) is 10.0. The van der Waals surface area contributed by atoms with Crippen LogP contribution in [0.2, 0.25) is 0 Å². The first kappa shape index (κ1) is 11.8. The second-order valence-electron chi connectivity index (χ2n) is 4.36. The van der Waals surface area contributed by atoms with Gasteiger partial charge in [-0.25, -0.2) is 4.98 Å². The van der Waals surface area contributed by atoms with Crippen molar-refractivity contribution < 1.29 is 0 Å². The molecule has 0 saturated carbocycles. The van der Waals surface area contributed by atoms with E-state index in [1.165, 1.54) is 0 Å². The fourth-order valence-electron chi connectivity index (χ4n) is 2.22. The third-order valence-electron chi connectivity index (χ3n) is 3.10. The van der Waals surface area contributed by atoms with Crippen LogP contribution in [0.3, 0.4) is 0 Å². The minimum absolute atomic E-state index is 0.0914. The number of rotatable bonds is 2. The molecule has 1 saturated heterocycles. The molecule has 0 radical (unpaired) electrons. The van der Waals surface area contributed by atoms with Gasteiger partial charge < -0.3 is 16.0 Å². The van der Waals surface area contributed by atoms with Crippen LogP contribution < -0.4 is 21.7 Å². The van der Waals surface area contributed by atoms with Crippen LogP contribution in [0.4, 0.5) is 11.6 Å². The SMILES string of the molecule is Cc1c(NC2NCCN2)c(Br)cc2[nH]c(N)nc12. The summed E-state index contributed by atoms with van der Waals surface area (Å²) in [4.78, 5) is 7.35. The van der Waals surface area contributed by atoms with E-state index in [-0.39, 0.29) is 6.29 Å². The fourth-order valence-corrected chi connectivity index (χ4v) is 2.86. The maximum atomic E-state index is 5.70. The number of aryl methyl sites for hydroxylation is 1. The van der Waals surface area contributed by atoms with Gasteiger partial charge in [0.15, 0.2) is 5.95 Å². The van der Waals surface area contributed by atoms with Gasteiger partial charge >= 0.3 is 0 Å². The van der Waals surface area contributed by atoms with Crippen molar-refractivity contribution in [2.75, 3.05) is 24.1 Å². The lowest BCUT2D eigenvalue weighted by atomic mass is 10.1. The van der Waals surface area contributed by atoms with Gasteiger partial charge in [-0.05, 0) is 28.9 Å². The van der Waals surface area contributed by atoms with E-state index in [0.717, 1.165) is 39.8 Å². The molecule has 1 fully saturated rings. The van der Waals surface area contributed by atoms with E-state index < -0.39 is 0 Å². The summed E-state index contributed by atoms with van der Waals surface area (Å²) in [7, 11) is 0. The molecule has 7 heteroatoms. The van der Waals surface area contributed by atoms with Gasteiger partial charge in [0.25, 0.3) is 0 Å². The minimum atomic E-state index is 0.0914. The number of hydrogen-bond donors (Lipinski definition) is 5. The van der Waals surface area contributed by atoms with Crippen molar-refractivity contribution in [3.8, 4) is 0 Å². The molecule has 2 aromatic rings. The number of nitrogens with two attached hydrogens (primary N) is 1. The first-order chi connectivity index (χ1) is 8.65. The zero-order valence-electron chi connectivity index (χ0n) is 9.97. The zero-order chi connectivity index (χ0) is 12.7. The molecule has 0 aliphatic carbocycles. The predicted molar refractivity (Wildman–Crippen MR) is 76.4 cm³/mol. The van der Waals surface area contributed by atoms with Crippen LogP contribution in [0.5, 0.6) is 0 Å². The average Bonchev–Trinajstić information content (AvgIpc) is 2.93. The fraction of sp³-hybridized carbons (Fsp3) is 0.364. The number of aromatic nitrogens is 2. The van der Waals surface area contributed by atoms with Crippen LogP contribution in [0.25, 0.3) is 11.0 Å². The molecule has 1 aliphatic heterocycles. The van der Waals surface area contributed by atoms with E-state index in [4.69, 9.17) is 5.73 Å². The molecule has 6 nitrogen and oxygen atoms in total. The Hall–Kier alpha value is -1.31. The maximum Gasteiger partial charge on any atom is 0.198 e. The maximum absolute atomic E-state index is 5.70. The molecule has 6 N–H and O–H groups in total. The predicted octanol–water partition coefficient (Wildman–Crippen LogP) is 1.10. The van der Waals surface area contributed by atoms with Crippen LogP contribution in [0.1, 0.15) is 5.56 Å². The smallest absolute Gasteiger partial charge is 0.198 e. The number of aromatic amines is 1. The Kier molecular flexibility index (Phi) is 2.89. The molecule has 1 aromatic heterocycles. The number of nitrogens with one attached hydrogen (secondary N) is 4. The molecule has 0 unspecified atom stereocenters. The highest BCUT2D eigenvalue weighted by Gasteiger charge is 2.17. The first-order valence-electron chi connectivity index (χ1n) is 5.83.